The maximum absolute atomic E-state index is 14.3. The molecule has 0 aromatic heterocycles. The van der Waals surface area contributed by atoms with E-state index in [1.54, 1.807) is 23.0 Å². The number of carbonyl (C=O) groups is 2. The van der Waals surface area contributed by atoms with Crippen LogP contribution < -0.4 is 19.7 Å². The molecule has 1 N–H and O–H groups in total. The average Bonchev–Trinajstić information content (AvgIpc) is 3.16. The topological polar surface area (TPSA) is 80.3 Å². The third-order valence-electron chi connectivity index (χ3n) is 8.43. The lowest BCUT2D eigenvalue weighted by atomic mass is 9.94. The zero-order valence-electron chi connectivity index (χ0n) is 29.4. The molecule has 1 aliphatic rings. The lowest BCUT2D eigenvalue weighted by molar-refractivity contribution is -0.142. The number of ether oxygens (including phenoxy) is 3. The minimum absolute atomic E-state index is 0.0732. The lowest BCUT2D eigenvalue weighted by Gasteiger charge is -2.31. The molecule has 4 rings (SSSR count). The van der Waals surface area contributed by atoms with E-state index in [0.717, 1.165) is 37.9 Å². The number of nitrogens with one attached hydrogen (secondary N) is 1. The van der Waals surface area contributed by atoms with Crippen LogP contribution in [-0.2, 0) is 20.7 Å². The van der Waals surface area contributed by atoms with Gasteiger partial charge in [-0.1, -0.05) is 74.8 Å². The highest BCUT2D eigenvalue weighted by Gasteiger charge is 2.40. The molecule has 3 aromatic carbocycles. The van der Waals surface area contributed by atoms with Crippen molar-refractivity contribution in [2.75, 3.05) is 51.3 Å². The van der Waals surface area contributed by atoms with Crippen LogP contribution in [0.5, 0.6) is 11.5 Å². The van der Waals surface area contributed by atoms with Crippen LogP contribution in [0, 0.1) is 5.41 Å². The number of fused-ring (bicyclic) bond motifs is 1. The van der Waals surface area contributed by atoms with Gasteiger partial charge in [0, 0.05) is 41.5 Å². The highest BCUT2D eigenvalue weighted by molar-refractivity contribution is 6.30. The van der Waals surface area contributed by atoms with E-state index in [1.807, 2.05) is 50.2 Å². The summed E-state index contributed by atoms with van der Waals surface area (Å²) in [7, 11) is 1.61. The van der Waals surface area contributed by atoms with Crippen molar-refractivity contribution in [1.29, 1.82) is 0 Å². The van der Waals surface area contributed by atoms with E-state index in [4.69, 9.17) is 25.8 Å². The van der Waals surface area contributed by atoms with Crippen LogP contribution in [0.3, 0.4) is 0 Å². The van der Waals surface area contributed by atoms with Crippen LogP contribution in [0.25, 0.3) is 0 Å². The quantitative estimate of drug-likeness (QED) is 0.159. The predicted octanol–water partition coefficient (Wildman–Crippen LogP) is 7.47. The van der Waals surface area contributed by atoms with Crippen molar-refractivity contribution < 1.29 is 23.8 Å². The third-order valence-corrected chi connectivity index (χ3v) is 8.66. The number of benzene rings is 3. The monoisotopic (exact) mass is 677 g/mol. The van der Waals surface area contributed by atoms with Crippen LogP contribution in [0.2, 0.25) is 5.02 Å². The van der Waals surface area contributed by atoms with Crippen LogP contribution in [-0.4, -0.2) is 69.3 Å². The van der Waals surface area contributed by atoms with E-state index in [-0.39, 0.29) is 23.7 Å². The first-order valence-electron chi connectivity index (χ1n) is 17.1. The van der Waals surface area contributed by atoms with Gasteiger partial charge < -0.3 is 29.3 Å². The number of halogens is 1. The molecular weight excluding hydrogens is 626 g/mol. The summed E-state index contributed by atoms with van der Waals surface area (Å²) in [5.41, 5.74) is 3.26. The second-order valence-electron chi connectivity index (χ2n) is 13.4. The van der Waals surface area contributed by atoms with Crippen molar-refractivity contribution in [3.05, 3.63) is 88.4 Å². The number of para-hydroxylation sites is 1. The zero-order chi connectivity index (χ0) is 34.7. The number of amides is 2. The molecule has 3 aromatic rings. The summed E-state index contributed by atoms with van der Waals surface area (Å²) in [4.78, 5) is 31.1. The summed E-state index contributed by atoms with van der Waals surface area (Å²) >= 11 is 6.58. The van der Waals surface area contributed by atoms with Gasteiger partial charge in [0.05, 0.1) is 20.1 Å². The fourth-order valence-corrected chi connectivity index (χ4v) is 6.27. The molecule has 0 spiro atoms. The number of hydrogen-bond donors (Lipinski definition) is 1. The Balaban J connectivity index is 1.57. The zero-order valence-corrected chi connectivity index (χ0v) is 30.1. The summed E-state index contributed by atoms with van der Waals surface area (Å²) in [5, 5.41) is 4.03. The Morgan fingerprint density at radius 1 is 0.979 bits per heavy atom. The molecule has 0 radical (unpaired) electrons. The first-order chi connectivity index (χ1) is 23.1. The van der Waals surface area contributed by atoms with Crippen molar-refractivity contribution in [3.8, 4) is 11.5 Å². The normalized spacial score (nSPS) is 16.3. The molecule has 2 amide bonds. The second-order valence-corrected chi connectivity index (χ2v) is 13.8. The van der Waals surface area contributed by atoms with Gasteiger partial charge in [-0.15, -0.1) is 0 Å². The first-order valence-corrected chi connectivity index (χ1v) is 17.5. The Morgan fingerprint density at radius 3 is 2.40 bits per heavy atom. The molecule has 0 saturated carbocycles. The second kappa shape index (κ2) is 17.7. The van der Waals surface area contributed by atoms with Gasteiger partial charge in [0.1, 0.15) is 12.2 Å². The van der Waals surface area contributed by atoms with E-state index < -0.39 is 12.2 Å². The smallest absolute Gasteiger partial charge is 0.256 e. The van der Waals surface area contributed by atoms with E-state index in [9.17, 15) is 9.59 Å². The van der Waals surface area contributed by atoms with Gasteiger partial charge in [-0.05, 0) is 81.4 Å². The highest BCUT2D eigenvalue weighted by Crippen LogP contribution is 2.45. The molecule has 0 unspecified atom stereocenters. The summed E-state index contributed by atoms with van der Waals surface area (Å²) < 4.78 is 18.9. The molecule has 260 valence electrons. The number of hydrogen-bond acceptors (Lipinski definition) is 6. The Hall–Kier alpha value is -3.59. The maximum atomic E-state index is 14.3. The summed E-state index contributed by atoms with van der Waals surface area (Å²) in [6.07, 6.45) is 1.12. The molecule has 8 nitrogen and oxygen atoms in total. The van der Waals surface area contributed by atoms with E-state index >= 15 is 0 Å². The molecule has 9 heteroatoms. The van der Waals surface area contributed by atoms with Crippen molar-refractivity contribution in [2.24, 2.45) is 5.41 Å². The van der Waals surface area contributed by atoms with Crippen molar-refractivity contribution in [1.82, 2.24) is 10.2 Å². The number of anilines is 1. The minimum Gasteiger partial charge on any atom is -0.492 e. The summed E-state index contributed by atoms with van der Waals surface area (Å²) in [6, 6.07) is 21.7. The molecular formula is C39H52ClN3O5. The standard InChI is InChI=1S/C39H52ClN3O5/c1-7-42(8-2)35(44)26-34-38(45)43(27-39(3,4)5)32-21-20-29(40)25-31(32)36(48-34)30-18-12-19-33(37(30)46-6)47-24-14-23-41-22-13-17-28-15-10-9-11-16-28/h9-12,15-16,18-21,25,34,36,41H,7-8,13-14,17,22-24,26-27H2,1-6H3/t34-,36-/m0/s1. The molecule has 0 fully saturated rings. The van der Waals surface area contributed by atoms with Gasteiger partial charge in [-0.3, -0.25) is 9.59 Å². The molecule has 1 heterocycles. The summed E-state index contributed by atoms with van der Waals surface area (Å²) in [5.74, 6) is 0.729. The maximum Gasteiger partial charge on any atom is 0.256 e. The third kappa shape index (κ3) is 9.97. The number of methoxy groups -OCH3 is 1. The Kier molecular flexibility index (Phi) is 13.7. The number of aryl methyl sites for hydroxylation is 1. The van der Waals surface area contributed by atoms with E-state index in [2.05, 4.69) is 50.4 Å². The van der Waals surface area contributed by atoms with Crippen molar-refractivity contribution in [3.63, 3.8) is 0 Å². The van der Waals surface area contributed by atoms with Gasteiger partial charge >= 0.3 is 0 Å². The highest BCUT2D eigenvalue weighted by atomic mass is 35.5. The van der Waals surface area contributed by atoms with Crippen LogP contribution in [0.4, 0.5) is 5.69 Å². The van der Waals surface area contributed by atoms with Crippen molar-refractivity contribution >= 4 is 29.1 Å². The van der Waals surface area contributed by atoms with Crippen LogP contribution >= 0.6 is 11.6 Å². The van der Waals surface area contributed by atoms with Gasteiger partial charge in [-0.2, -0.15) is 0 Å². The van der Waals surface area contributed by atoms with Crippen LogP contribution in [0.1, 0.15) is 76.7 Å². The fourth-order valence-electron chi connectivity index (χ4n) is 6.09. The predicted molar refractivity (Wildman–Crippen MR) is 193 cm³/mol. The Labute approximate surface area is 291 Å². The van der Waals surface area contributed by atoms with Crippen molar-refractivity contribution in [2.45, 2.75) is 72.5 Å². The number of carbonyl (C=O) groups excluding carboxylic acids is 2. The van der Waals surface area contributed by atoms with Crippen LogP contribution in [0.15, 0.2) is 66.7 Å². The Morgan fingerprint density at radius 2 is 1.71 bits per heavy atom. The summed E-state index contributed by atoms with van der Waals surface area (Å²) in [6.45, 7) is 13.9. The molecule has 2 atom stereocenters. The largest absolute Gasteiger partial charge is 0.492 e. The van der Waals surface area contributed by atoms with Gasteiger partial charge in [0.25, 0.3) is 5.91 Å². The molecule has 48 heavy (non-hydrogen) atoms. The SMILES string of the molecule is CCN(CC)C(=O)C[C@@H]1O[C@@H](c2cccc(OCCCNCCCc3ccccc3)c2OC)c2cc(Cl)ccc2N(CC(C)(C)C)C1=O. The molecule has 1 aliphatic heterocycles. The van der Waals surface area contributed by atoms with E-state index in [1.165, 1.54) is 5.56 Å². The minimum atomic E-state index is -1.01. The molecule has 0 aliphatic carbocycles. The van der Waals surface area contributed by atoms with Gasteiger partial charge in [0.15, 0.2) is 11.5 Å². The first kappa shape index (κ1) is 37.2. The molecule has 0 saturated heterocycles. The average molecular weight is 678 g/mol. The lowest BCUT2D eigenvalue weighted by Crippen LogP contribution is -2.45. The van der Waals surface area contributed by atoms with Gasteiger partial charge in [-0.25, -0.2) is 0 Å². The van der Waals surface area contributed by atoms with E-state index in [0.29, 0.717) is 54.0 Å². The fraction of sp³-hybridized carbons (Fsp3) is 0.487. The van der Waals surface area contributed by atoms with Gasteiger partial charge in [0.2, 0.25) is 5.91 Å². The Bertz CT molecular complexity index is 1490. The molecule has 0 bridgehead atoms. The number of nitrogens with zero attached hydrogens (tertiary/aromatic N) is 2. The number of rotatable bonds is 16.